The molecule has 0 aliphatic carbocycles. The lowest BCUT2D eigenvalue weighted by molar-refractivity contribution is -0.169. The zero-order valence-electron chi connectivity index (χ0n) is 30.6. The van der Waals surface area contributed by atoms with E-state index in [2.05, 4.69) is 10.6 Å². The fraction of sp³-hybridized carbons (Fsp3) is 0.812. The van der Waals surface area contributed by atoms with Gasteiger partial charge in [0.25, 0.3) is 0 Å². The number of alkyl carbamates (subject to hydrolysis) is 2. The molecule has 0 bridgehead atoms. The lowest BCUT2D eigenvalue weighted by Crippen LogP contribution is -2.46. The molecule has 0 saturated carbocycles. The van der Waals surface area contributed by atoms with Crippen LogP contribution in [0.1, 0.15) is 122 Å². The molecule has 0 aromatic heterocycles. The number of hydrogen-bond acceptors (Lipinski definition) is 11. The number of Topliss-reactive ketones (excluding diaryl/α,β-unsaturated/α-hetero) is 1. The SMILES string of the molecule is CCC(=O)CC[C@H](NC(=O)OC(C)(C)C)C(=O)OC(C)(C)C.CON(C)C(=O)CC[C@H](NC(=O)OC(C)(C)C)C(=O)OC(C)(C)C. The van der Waals surface area contributed by atoms with Gasteiger partial charge in [-0.25, -0.2) is 24.2 Å². The van der Waals surface area contributed by atoms with E-state index in [0.29, 0.717) is 6.42 Å². The van der Waals surface area contributed by atoms with Crippen LogP contribution in [-0.2, 0) is 43.0 Å². The molecule has 0 rings (SSSR count). The first kappa shape index (κ1) is 44.7. The zero-order chi connectivity index (χ0) is 36.7. The van der Waals surface area contributed by atoms with Crippen molar-refractivity contribution < 1.29 is 52.6 Å². The number of nitrogens with zero attached hydrogens (tertiary/aromatic N) is 1. The van der Waals surface area contributed by atoms with Crippen LogP contribution in [0.5, 0.6) is 0 Å². The molecule has 0 fully saturated rings. The summed E-state index contributed by atoms with van der Waals surface area (Å²) in [4.78, 5) is 76.2. The summed E-state index contributed by atoms with van der Waals surface area (Å²) < 4.78 is 20.8. The van der Waals surface area contributed by atoms with Gasteiger partial charge in [-0.15, -0.1) is 0 Å². The summed E-state index contributed by atoms with van der Waals surface area (Å²) in [6.45, 7) is 22.5. The van der Waals surface area contributed by atoms with Crippen molar-refractivity contribution in [1.29, 1.82) is 0 Å². The summed E-state index contributed by atoms with van der Waals surface area (Å²) >= 11 is 0. The van der Waals surface area contributed by atoms with Crippen LogP contribution in [0.15, 0.2) is 0 Å². The standard InChI is InChI=1S/C16H30N2O6.C16H29NO5/c1-15(2,3)23-13(20)11(9-10-12(19)18(7)22-8)17-14(21)24-16(4,5)6;1-8-11(18)9-10-12(13(19)21-15(2,3)4)17-14(20)22-16(5,6)7/h11H,9-10H2,1-8H3,(H,17,21);12H,8-10H2,1-7H3,(H,17,20)/t11-;12-/m00/s1. The van der Waals surface area contributed by atoms with E-state index in [9.17, 15) is 28.8 Å². The fourth-order valence-electron chi connectivity index (χ4n) is 3.15. The Morgan fingerprint density at radius 2 is 0.913 bits per heavy atom. The first-order valence-corrected chi connectivity index (χ1v) is 15.4. The third kappa shape index (κ3) is 24.8. The maximum Gasteiger partial charge on any atom is 0.408 e. The van der Waals surface area contributed by atoms with Crippen molar-refractivity contribution in [2.75, 3.05) is 14.2 Å². The highest BCUT2D eigenvalue weighted by Crippen LogP contribution is 2.15. The predicted octanol–water partition coefficient (Wildman–Crippen LogP) is 5.00. The lowest BCUT2D eigenvalue weighted by atomic mass is 10.1. The zero-order valence-corrected chi connectivity index (χ0v) is 30.6. The van der Waals surface area contributed by atoms with E-state index in [1.165, 1.54) is 14.2 Å². The highest BCUT2D eigenvalue weighted by molar-refractivity contribution is 5.84. The summed E-state index contributed by atoms with van der Waals surface area (Å²) in [5.41, 5.74) is -2.74. The maximum atomic E-state index is 12.3. The van der Waals surface area contributed by atoms with Crippen molar-refractivity contribution in [3.05, 3.63) is 0 Å². The topological polar surface area (TPSA) is 176 Å². The van der Waals surface area contributed by atoms with Crippen LogP contribution in [0.25, 0.3) is 0 Å². The van der Waals surface area contributed by atoms with Gasteiger partial charge in [-0.1, -0.05) is 6.92 Å². The molecule has 14 nitrogen and oxygen atoms in total. The second kappa shape index (κ2) is 19.3. The fourth-order valence-corrected chi connectivity index (χ4v) is 3.15. The first-order chi connectivity index (χ1) is 20.6. The maximum absolute atomic E-state index is 12.3. The summed E-state index contributed by atoms with van der Waals surface area (Å²) in [5.74, 6) is -1.49. The molecule has 3 amide bonds. The molecule has 0 unspecified atom stereocenters. The van der Waals surface area contributed by atoms with Gasteiger partial charge in [0.05, 0.1) is 7.11 Å². The van der Waals surface area contributed by atoms with Crippen LogP contribution >= 0.6 is 0 Å². The molecule has 46 heavy (non-hydrogen) atoms. The predicted molar refractivity (Wildman–Crippen MR) is 172 cm³/mol. The number of carbonyl (C=O) groups excluding carboxylic acids is 6. The van der Waals surface area contributed by atoms with Crippen molar-refractivity contribution in [3.63, 3.8) is 0 Å². The smallest absolute Gasteiger partial charge is 0.408 e. The molecule has 0 heterocycles. The molecule has 0 saturated heterocycles. The monoisotopic (exact) mass is 661 g/mol. The molecule has 0 radical (unpaired) electrons. The molecule has 14 heteroatoms. The number of nitrogens with one attached hydrogen (secondary N) is 2. The molecule has 0 aromatic carbocycles. The van der Waals surface area contributed by atoms with Crippen molar-refractivity contribution in [1.82, 2.24) is 15.7 Å². The van der Waals surface area contributed by atoms with Gasteiger partial charge < -0.3 is 29.6 Å². The van der Waals surface area contributed by atoms with Gasteiger partial charge in [-0.3, -0.25) is 14.4 Å². The van der Waals surface area contributed by atoms with Gasteiger partial charge in [0.1, 0.15) is 40.3 Å². The van der Waals surface area contributed by atoms with E-state index in [1.807, 2.05) is 0 Å². The number of hydroxylamine groups is 2. The Morgan fingerprint density at radius 1 is 0.587 bits per heavy atom. The largest absolute Gasteiger partial charge is 0.458 e. The number of ketones is 1. The van der Waals surface area contributed by atoms with Gasteiger partial charge in [-0.05, 0) is 95.9 Å². The molecule has 2 atom stereocenters. The van der Waals surface area contributed by atoms with E-state index in [4.69, 9.17) is 23.8 Å². The minimum atomic E-state index is -0.992. The minimum absolute atomic E-state index is 0.00402. The lowest BCUT2D eigenvalue weighted by Gasteiger charge is -2.26. The third-order valence-electron chi connectivity index (χ3n) is 5.14. The Balaban J connectivity index is 0. The summed E-state index contributed by atoms with van der Waals surface area (Å²) in [6.07, 6.45) is -0.576. The quantitative estimate of drug-likeness (QED) is 0.163. The number of ether oxygens (including phenoxy) is 4. The summed E-state index contributed by atoms with van der Waals surface area (Å²) in [5, 5.41) is 6.00. The molecular weight excluding hydrogens is 602 g/mol. The molecule has 0 spiro atoms. The van der Waals surface area contributed by atoms with E-state index in [0.717, 1.165) is 5.06 Å². The molecular formula is C32H59N3O11. The summed E-state index contributed by atoms with van der Waals surface area (Å²) in [7, 11) is 2.83. The van der Waals surface area contributed by atoms with Crippen LogP contribution in [0.3, 0.4) is 0 Å². The highest BCUT2D eigenvalue weighted by Gasteiger charge is 2.30. The number of hydrogen-bond donors (Lipinski definition) is 2. The average Bonchev–Trinajstić information content (AvgIpc) is 2.83. The average molecular weight is 662 g/mol. The van der Waals surface area contributed by atoms with Gasteiger partial charge in [0.15, 0.2) is 0 Å². The summed E-state index contributed by atoms with van der Waals surface area (Å²) in [6, 6.07) is -1.89. The van der Waals surface area contributed by atoms with E-state index in [1.54, 1.807) is 90.0 Å². The van der Waals surface area contributed by atoms with Crippen LogP contribution in [0.2, 0.25) is 0 Å². The van der Waals surface area contributed by atoms with Crippen molar-refractivity contribution >= 4 is 35.8 Å². The van der Waals surface area contributed by atoms with Crippen molar-refractivity contribution in [3.8, 4) is 0 Å². The van der Waals surface area contributed by atoms with Crippen LogP contribution < -0.4 is 10.6 Å². The number of amides is 3. The second-order valence-corrected chi connectivity index (χ2v) is 14.5. The Morgan fingerprint density at radius 3 is 1.20 bits per heavy atom. The van der Waals surface area contributed by atoms with Crippen LogP contribution in [-0.4, -0.2) is 89.5 Å². The van der Waals surface area contributed by atoms with Gasteiger partial charge in [-0.2, -0.15) is 0 Å². The van der Waals surface area contributed by atoms with E-state index < -0.39 is 58.6 Å². The number of rotatable bonds is 12. The van der Waals surface area contributed by atoms with Gasteiger partial charge >= 0.3 is 24.1 Å². The van der Waals surface area contributed by atoms with Crippen molar-refractivity contribution in [2.45, 2.75) is 157 Å². The second-order valence-electron chi connectivity index (χ2n) is 14.5. The van der Waals surface area contributed by atoms with Gasteiger partial charge in [0, 0.05) is 26.3 Å². The van der Waals surface area contributed by atoms with E-state index >= 15 is 0 Å². The third-order valence-corrected chi connectivity index (χ3v) is 5.14. The van der Waals surface area contributed by atoms with Crippen LogP contribution in [0.4, 0.5) is 9.59 Å². The molecule has 0 aliphatic rings. The Hall–Kier alpha value is -3.42. The van der Waals surface area contributed by atoms with E-state index in [-0.39, 0.29) is 37.4 Å². The molecule has 0 aliphatic heterocycles. The highest BCUT2D eigenvalue weighted by atomic mass is 16.7. The normalized spacial score (nSPS) is 13.1. The van der Waals surface area contributed by atoms with Crippen molar-refractivity contribution in [2.24, 2.45) is 0 Å². The van der Waals surface area contributed by atoms with Gasteiger partial charge in [0.2, 0.25) is 5.91 Å². The Labute approximate surface area is 274 Å². The molecule has 268 valence electrons. The van der Waals surface area contributed by atoms with Crippen LogP contribution in [0, 0.1) is 0 Å². The molecule has 2 N–H and O–H groups in total. The first-order valence-electron chi connectivity index (χ1n) is 15.4. The molecule has 0 aromatic rings. The number of esters is 2. The minimum Gasteiger partial charge on any atom is -0.458 e. The number of carbonyl (C=O) groups is 6. The Kier molecular flexibility index (Phi) is 18.7. The Bertz CT molecular complexity index is 1020.